The van der Waals surface area contributed by atoms with E-state index >= 15 is 0 Å². The van der Waals surface area contributed by atoms with Crippen LogP contribution in [-0.4, -0.2) is 47.1 Å². The SMILES string of the molecule is Cc1cc(C)nc([C@H]2CN(C(=O)CCOc3ccccc3)CCO2)n1. The lowest BCUT2D eigenvalue weighted by Crippen LogP contribution is -2.43. The summed E-state index contributed by atoms with van der Waals surface area (Å²) in [6, 6.07) is 11.4. The number of nitrogens with zero attached hydrogens (tertiary/aromatic N) is 3. The topological polar surface area (TPSA) is 64.6 Å². The van der Waals surface area contributed by atoms with Gasteiger partial charge in [-0.15, -0.1) is 0 Å². The Morgan fingerprint density at radius 3 is 2.68 bits per heavy atom. The van der Waals surface area contributed by atoms with Gasteiger partial charge in [-0.25, -0.2) is 9.97 Å². The molecule has 0 N–H and O–H groups in total. The summed E-state index contributed by atoms with van der Waals surface area (Å²) in [6.45, 7) is 5.80. The molecule has 1 aromatic carbocycles. The van der Waals surface area contributed by atoms with Crippen LogP contribution in [0, 0.1) is 13.8 Å². The van der Waals surface area contributed by atoms with Crippen LogP contribution in [0.2, 0.25) is 0 Å². The van der Waals surface area contributed by atoms with Gasteiger partial charge < -0.3 is 14.4 Å². The van der Waals surface area contributed by atoms with Crippen LogP contribution in [0.15, 0.2) is 36.4 Å². The van der Waals surface area contributed by atoms with E-state index in [-0.39, 0.29) is 12.0 Å². The fourth-order valence-electron chi connectivity index (χ4n) is 2.86. The van der Waals surface area contributed by atoms with Gasteiger partial charge in [0.2, 0.25) is 5.91 Å². The van der Waals surface area contributed by atoms with Crippen molar-refractivity contribution in [2.24, 2.45) is 0 Å². The first-order valence-electron chi connectivity index (χ1n) is 8.51. The summed E-state index contributed by atoms with van der Waals surface area (Å²) in [4.78, 5) is 23.2. The Morgan fingerprint density at radius 2 is 1.96 bits per heavy atom. The predicted octanol–water partition coefficient (Wildman–Crippen LogP) is 2.46. The fraction of sp³-hybridized carbons (Fsp3) is 0.421. The molecule has 1 saturated heterocycles. The number of carbonyl (C=O) groups is 1. The number of amides is 1. The molecule has 132 valence electrons. The summed E-state index contributed by atoms with van der Waals surface area (Å²) in [7, 11) is 0. The first-order chi connectivity index (χ1) is 12.1. The minimum Gasteiger partial charge on any atom is -0.493 e. The molecule has 1 aliphatic rings. The number of benzene rings is 1. The predicted molar refractivity (Wildman–Crippen MR) is 93.3 cm³/mol. The Balaban J connectivity index is 1.54. The third kappa shape index (κ3) is 4.76. The van der Waals surface area contributed by atoms with E-state index in [1.807, 2.05) is 55.1 Å². The second kappa shape index (κ2) is 8.07. The maximum atomic E-state index is 12.4. The molecule has 1 fully saturated rings. The average Bonchev–Trinajstić information content (AvgIpc) is 2.62. The van der Waals surface area contributed by atoms with Gasteiger partial charge in [-0.2, -0.15) is 0 Å². The highest BCUT2D eigenvalue weighted by atomic mass is 16.5. The summed E-state index contributed by atoms with van der Waals surface area (Å²) in [6.07, 6.45) is 0.0707. The lowest BCUT2D eigenvalue weighted by atomic mass is 10.2. The summed E-state index contributed by atoms with van der Waals surface area (Å²) < 4.78 is 11.4. The number of ether oxygens (including phenoxy) is 2. The van der Waals surface area contributed by atoms with Crippen molar-refractivity contribution in [3.05, 3.63) is 53.6 Å². The Bertz CT molecular complexity index is 701. The highest BCUT2D eigenvalue weighted by Gasteiger charge is 2.27. The highest BCUT2D eigenvalue weighted by Crippen LogP contribution is 2.20. The molecule has 0 aliphatic carbocycles. The third-order valence-corrected chi connectivity index (χ3v) is 4.03. The van der Waals surface area contributed by atoms with Gasteiger partial charge in [0, 0.05) is 17.9 Å². The van der Waals surface area contributed by atoms with Crippen molar-refractivity contribution in [3.63, 3.8) is 0 Å². The maximum Gasteiger partial charge on any atom is 0.226 e. The number of aryl methyl sites for hydroxylation is 2. The van der Waals surface area contributed by atoms with Crippen LogP contribution < -0.4 is 4.74 Å². The Kier molecular flexibility index (Phi) is 5.60. The van der Waals surface area contributed by atoms with E-state index in [0.29, 0.717) is 38.5 Å². The molecule has 1 aromatic heterocycles. The molecule has 0 bridgehead atoms. The third-order valence-electron chi connectivity index (χ3n) is 4.03. The van der Waals surface area contributed by atoms with Crippen molar-refractivity contribution in [1.29, 1.82) is 0 Å². The first kappa shape index (κ1) is 17.4. The zero-order chi connectivity index (χ0) is 17.6. The molecule has 1 atom stereocenters. The van der Waals surface area contributed by atoms with Crippen LogP contribution >= 0.6 is 0 Å². The molecule has 0 radical (unpaired) electrons. The monoisotopic (exact) mass is 341 g/mol. The van der Waals surface area contributed by atoms with E-state index in [1.165, 1.54) is 0 Å². The van der Waals surface area contributed by atoms with Crippen LogP contribution in [0.3, 0.4) is 0 Å². The van der Waals surface area contributed by atoms with Crippen LogP contribution in [-0.2, 0) is 9.53 Å². The van der Waals surface area contributed by atoms with Gasteiger partial charge in [0.05, 0.1) is 26.2 Å². The summed E-state index contributed by atoms with van der Waals surface area (Å²) in [5.74, 6) is 1.49. The van der Waals surface area contributed by atoms with Crippen molar-refractivity contribution < 1.29 is 14.3 Å². The molecule has 25 heavy (non-hydrogen) atoms. The van der Waals surface area contributed by atoms with Gasteiger partial charge in [-0.3, -0.25) is 4.79 Å². The Labute approximate surface area is 147 Å². The van der Waals surface area contributed by atoms with Crippen LogP contribution in [0.1, 0.15) is 29.7 Å². The molecule has 2 heterocycles. The lowest BCUT2D eigenvalue weighted by molar-refractivity contribution is -0.139. The zero-order valence-electron chi connectivity index (χ0n) is 14.6. The van der Waals surface area contributed by atoms with Gasteiger partial charge in [-0.05, 0) is 32.0 Å². The number of morpholine rings is 1. The molecule has 1 amide bonds. The molecule has 6 nitrogen and oxygen atoms in total. The van der Waals surface area contributed by atoms with Crippen molar-refractivity contribution in [2.45, 2.75) is 26.4 Å². The van der Waals surface area contributed by atoms with Gasteiger partial charge in [0.15, 0.2) is 5.82 Å². The Hall–Kier alpha value is -2.47. The van der Waals surface area contributed by atoms with Gasteiger partial charge >= 0.3 is 0 Å². The summed E-state index contributed by atoms with van der Waals surface area (Å²) in [5.41, 5.74) is 1.82. The molecule has 3 rings (SSSR count). The molecular weight excluding hydrogens is 318 g/mol. The number of aromatic nitrogens is 2. The van der Waals surface area contributed by atoms with E-state index in [2.05, 4.69) is 9.97 Å². The molecule has 1 aliphatic heterocycles. The summed E-state index contributed by atoms with van der Waals surface area (Å²) >= 11 is 0. The van der Waals surface area contributed by atoms with Crippen LogP contribution in [0.25, 0.3) is 0 Å². The smallest absolute Gasteiger partial charge is 0.226 e. The van der Waals surface area contributed by atoms with E-state index in [1.54, 1.807) is 0 Å². The number of hydrogen-bond donors (Lipinski definition) is 0. The van der Waals surface area contributed by atoms with Crippen molar-refractivity contribution in [2.75, 3.05) is 26.3 Å². The van der Waals surface area contributed by atoms with Crippen LogP contribution in [0.4, 0.5) is 0 Å². The molecule has 0 unspecified atom stereocenters. The van der Waals surface area contributed by atoms with Crippen LogP contribution in [0.5, 0.6) is 5.75 Å². The Morgan fingerprint density at radius 1 is 1.24 bits per heavy atom. The minimum absolute atomic E-state index is 0.0635. The average molecular weight is 341 g/mol. The van der Waals surface area contributed by atoms with Gasteiger partial charge in [-0.1, -0.05) is 18.2 Å². The van der Waals surface area contributed by atoms with E-state index in [0.717, 1.165) is 17.1 Å². The van der Waals surface area contributed by atoms with E-state index < -0.39 is 0 Å². The largest absolute Gasteiger partial charge is 0.493 e. The van der Waals surface area contributed by atoms with E-state index in [4.69, 9.17) is 9.47 Å². The second-order valence-corrected chi connectivity index (χ2v) is 6.12. The van der Waals surface area contributed by atoms with Gasteiger partial charge in [0.1, 0.15) is 11.9 Å². The van der Waals surface area contributed by atoms with Gasteiger partial charge in [0.25, 0.3) is 0 Å². The number of carbonyl (C=O) groups excluding carboxylic acids is 1. The standard InChI is InChI=1S/C19H23N3O3/c1-14-12-15(2)21-19(20-14)17-13-22(9-11-25-17)18(23)8-10-24-16-6-4-3-5-7-16/h3-7,12,17H,8-11,13H2,1-2H3/t17-/m1/s1. The quantitative estimate of drug-likeness (QED) is 0.836. The van der Waals surface area contributed by atoms with E-state index in [9.17, 15) is 4.79 Å². The highest BCUT2D eigenvalue weighted by molar-refractivity contribution is 5.76. The number of para-hydroxylation sites is 1. The lowest BCUT2D eigenvalue weighted by Gasteiger charge is -2.32. The summed E-state index contributed by atoms with van der Waals surface area (Å²) in [5, 5.41) is 0. The fourth-order valence-corrected chi connectivity index (χ4v) is 2.86. The maximum absolute atomic E-state index is 12.4. The normalized spacial score (nSPS) is 17.4. The van der Waals surface area contributed by atoms with Crippen molar-refractivity contribution in [3.8, 4) is 5.75 Å². The van der Waals surface area contributed by atoms with Crippen molar-refractivity contribution >= 4 is 5.91 Å². The zero-order valence-corrected chi connectivity index (χ0v) is 14.6. The molecular formula is C19H23N3O3. The molecule has 0 spiro atoms. The molecule has 0 saturated carbocycles. The minimum atomic E-state index is -0.272. The number of hydrogen-bond acceptors (Lipinski definition) is 5. The van der Waals surface area contributed by atoms with Crippen molar-refractivity contribution in [1.82, 2.24) is 14.9 Å². The second-order valence-electron chi connectivity index (χ2n) is 6.12. The number of rotatable bonds is 5. The first-order valence-corrected chi connectivity index (χ1v) is 8.51. The molecule has 6 heteroatoms. The molecule has 2 aromatic rings.